The van der Waals surface area contributed by atoms with E-state index in [1.165, 1.54) is 0 Å². The fourth-order valence-corrected chi connectivity index (χ4v) is 1.94. The molecular weight excluding hydrogens is 232 g/mol. The summed E-state index contributed by atoms with van der Waals surface area (Å²) in [5, 5.41) is 0. The molecule has 0 fully saturated rings. The summed E-state index contributed by atoms with van der Waals surface area (Å²) >= 11 is 3.52. The highest BCUT2D eigenvalue weighted by atomic mass is 79.9. The van der Waals surface area contributed by atoms with Crippen molar-refractivity contribution in [3.63, 3.8) is 0 Å². The van der Waals surface area contributed by atoms with E-state index in [0.29, 0.717) is 5.56 Å². The van der Waals surface area contributed by atoms with E-state index < -0.39 is 0 Å². The summed E-state index contributed by atoms with van der Waals surface area (Å²) in [5.41, 5.74) is 1.76. The van der Waals surface area contributed by atoms with Crippen molar-refractivity contribution >= 4 is 22.2 Å². The van der Waals surface area contributed by atoms with Crippen LogP contribution in [0, 0.1) is 0 Å². The highest BCUT2D eigenvalue weighted by Gasteiger charge is 2.28. The Bertz CT molecular complexity index is 349. The van der Waals surface area contributed by atoms with Gasteiger partial charge in [-0.25, -0.2) is 0 Å². The molecule has 1 aliphatic rings. The molecule has 0 unspecified atom stereocenters. The standard InChI is InChI=1S/C10H9BrO2/c1-6-10(11)8-4-7(5-12)2-3-9(8)13-6/h2-6,10H,1H3/t6-,10-/m0/s1. The Balaban J connectivity index is 2.47. The molecule has 0 spiro atoms. The normalized spacial score (nSPS) is 25.1. The fourth-order valence-electron chi connectivity index (χ4n) is 1.48. The van der Waals surface area contributed by atoms with E-state index >= 15 is 0 Å². The Kier molecular flexibility index (Phi) is 2.12. The largest absolute Gasteiger partial charge is 0.489 e. The van der Waals surface area contributed by atoms with Crippen molar-refractivity contribution < 1.29 is 9.53 Å². The molecule has 0 saturated heterocycles. The minimum Gasteiger partial charge on any atom is -0.489 e. The molecule has 2 atom stereocenters. The van der Waals surface area contributed by atoms with Crippen LogP contribution >= 0.6 is 15.9 Å². The first-order chi connectivity index (χ1) is 6.22. The molecule has 68 valence electrons. The number of hydrogen-bond donors (Lipinski definition) is 0. The number of carbonyl (C=O) groups is 1. The summed E-state index contributed by atoms with van der Waals surface area (Å²) in [6.07, 6.45) is 0.986. The highest BCUT2D eigenvalue weighted by molar-refractivity contribution is 9.09. The smallest absolute Gasteiger partial charge is 0.150 e. The first-order valence-electron chi connectivity index (χ1n) is 4.12. The lowest BCUT2D eigenvalue weighted by atomic mass is 10.1. The van der Waals surface area contributed by atoms with E-state index in [1.807, 2.05) is 19.1 Å². The molecule has 2 nitrogen and oxygen atoms in total. The van der Waals surface area contributed by atoms with Crippen LogP contribution in [0.25, 0.3) is 0 Å². The average molecular weight is 241 g/mol. The van der Waals surface area contributed by atoms with Gasteiger partial charge in [-0.2, -0.15) is 0 Å². The van der Waals surface area contributed by atoms with Crippen LogP contribution in [0.5, 0.6) is 5.75 Å². The van der Waals surface area contributed by atoms with Crippen molar-refractivity contribution in [3.8, 4) is 5.75 Å². The molecule has 0 radical (unpaired) electrons. The zero-order valence-corrected chi connectivity index (χ0v) is 8.74. The van der Waals surface area contributed by atoms with E-state index in [-0.39, 0.29) is 10.9 Å². The predicted molar refractivity (Wildman–Crippen MR) is 53.6 cm³/mol. The Morgan fingerprint density at radius 3 is 3.00 bits per heavy atom. The molecule has 1 aromatic carbocycles. The van der Waals surface area contributed by atoms with Crippen LogP contribution in [0.3, 0.4) is 0 Å². The maximum atomic E-state index is 10.5. The van der Waals surface area contributed by atoms with Gasteiger partial charge in [0, 0.05) is 11.1 Å². The molecule has 1 aromatic rings. The van der Waals surface area contributed by atoms with Crippen LogP contribution in [0.1, 0.15) is 27.7 Å². The molecule has 0 aromatic heterocycles. The molecule has 1 heterocycles. The van der Waals surface area contributed by atoms with Gasteiger partial charge in [0.15, 0.2) is 0 Å². The fraction of sp³-hybridized carbons (Fsp3) is 0.300. The number of rotatable bonds is 1. The zero-order valence-electron chi connectivity index (χ0n) is 7.16. The maximum Gasteiger partial charge on any atom is 0.150 e. The topological polar surface area (TPSA) is 26.3 Å². The van der Waals surface area contributed by atoms with Crippen LogP contribution in [0.2, 0.25) is 0 Å². The van der Waals surface area contributed by atoms with Gasteiger partial charge >= 0.3 is 0 Å². The number of ether oxygens (including phenoxy) is 1. The Hall–Kier alpha value is -0.830. The Morgan fingerprint density at radius 2 is 2.31 bits per heavy atom. The Morgan fingerprint density at radius 1 is 1.54 bits per heavy atom. The van der Waals surface area contributed by atoms with Crippen molar-refractivity contribution in [1.82, 2.24) is 0 Å². The second kappa shape index (κ2) is 3.14. The molecular formula is C10H9BrO2. The average Bonchev–Trinajstić information content (AvgIpc) is 2.43. The van der Waals surface area contributed by atoms with Gasteiger partial charge in [-0.05, 0) is 25.1 Å². The number of hydrogen-bond acceptors (Lipinski definition) is 2. The van der Waals surface area contributed by atoms with E-state index in [4.69, 9.17) is 4.74 Å². The molecule has 0 amide bonds. The van der Waals surface area contributed by atoms with Crippen molar-refractivity contribution in [1.29, 1.82) is 0 Å². The number of halogens is 1. The minimum atomic E-state index is 0.136. The third-order valence-corrected chi connectivity index (χ3v) is 3.43. The maximum absolute atomic E-state index is 10.5. The summed E-state index contributed by atoms with van der Waals surface area (Å²) in [6, 6.07) is 5.48. The lowest BCUT2D eigenvalue weighted by molar-refractivity contribution is 0.112. The molecule has 3 heteroatoms. The van der Waals surface area contributed by atoms with Gasteiger partial charge in [-0.1, -0.05) is 15.9 Å². The number of alkyl halides is 1. The number of fused-ring (bicyclic) bond motifs is 1. The zero-order chi connectivity index (χ0) is 9.42. The van der Waals surface area contributed by atoms with Crippen LogP contribution in [0.4, 0.5) is 0 Å². The quantitative estimate of drug-likeness (QED) is 0.558. The molecule has 0 bridgehead atoms. The number of benzene rings is 1. The molecule has 2 rings (SSSR count). The lowest BCUT2D eigenvalue weighted by Gasteiger charge is -2.05. The van der Waals surface area contributed by atoms with Crippen LogP contribution in [0.15, 0.2) is 18.2 Å². The van der Waals surface area contributed by atoms with E-state index in [9.17, 15) is 4.79 Å². The van der Waals surface area contributed by atoms with Gasteiger partial charge in [0.25, 0.3) is 0 Å². The van der Waals surface area contributed by atoms with Crippen molar-refractivity contribution in [2.24, 2.45) is 0 Å². The monoisotopic (exact) mass is 240 g/mol. The van der Waals surface area contributed by atoms with Crippen LogP contribution in [-0.2, 0) is 0 Å². The third kappa shape index (κ3) is 1.37. The van der Waals surface area contributed by atoms with Crippen molar-refractivity contribution in [3.05, 3.63) is 29.3 Å². The van der Waals surface area contributed by atoms with Gasteiger partial charge < -0.3 is 4.74 Å². The summed E-state index contributed by atoms with van der Waals surface area (Å²) < 4.78 is 5.56. The second-order valence-corrected chi connectivity index (χ2v) is 4.13. The third-order valence-electron chi connectivity index (χ3n) is 2.19. The molecule has 0 N–H and O–H groups in total. The molecule has 0 aliphatic carbocycles. The first-order valence-corrected chi connectivity index (χ1v) is 5.04. The second-order valence-electron chi connectivity index (χ2n) is 3.14. The van der Waals surface area contributed by atoms with Crippen LogP contribution < -0.4 is 4.74 Å². The van der Waals surface area contributed by atoms with Crippen molar-refractivity contribution in [2.45, 2.75) is 17.9 Å². The SMILES string of the molecule is C[C@@H]1Oc2ccc(C=O)cc2[C@H]1Br. The Labute approximate surface area is 85.0 Å². The van der Waals surface area contributed by atoms with Gasteiger partial charge in [-0.15, -0.1) is 0 Å². The van der Waals surface area contributed by atoms with E-state index in [0.717, 1.165) is 17.6 Å². The van der Waals surface area contributed by atoms with E-state index in [2.05, 4.69) is 15.9 Å². The first kappa shape index (κ1) is 8.75. The summed E-state index contributed by atoms with van der Waals surface area (Å²) in [4.78, 5) is 10.7. The highest BCUT2D eigenvalue weighted by Crippen LogP contribution is 2.41. The number of carbonyl (C=O) groups excluding carboxylic acids is 1. The van der Waals surface area contributed by atoms with Gasteiger partial charge in [-0.3, -0.25) is 4.79 Å². The van der Waals surface area contributed by atoms with Gasteiger partial charge in [0.05, 0.1) is 4.83 Å². The summed E-state index contributed by atoms with van der Waals surface area (Å²) in [5.74, 6) is 0.875. The number of aldehydes is 1. The van der Waals surface area contributed by atoms with Crippen LogP contribution in [-0.4, -0.2) is 12.4 Å². The summed E-state index contributed by atoms with van der Waals surface area (Å²) in [7, 11) is 0. The predicted octanol–water partition coefficient (Wildman–Crippen LogP) is 2.72. The summed E-state index contributed by atoms with van der Waals surface area (Å²) in [6.45, 7) is 2.00. The van der Waals surface area contributed by atoms with E-state index in [1.54, 1.807) is 6.07 Å². The van der Waals surface area contributed by atoms with Crippen molar-refractivity contribution in [2.75, 3.05) is 0 Å². The molecule has 1 aliphatic heterocycles. The minimum absolute atomic E-state index is 0.136. The van der Waals surface area contributed by atoms with Gasteiger partial charge in [0.2, 0.25) is 0 Å². The molecule has 0 saturated carbocycles. The molecule has 13 heavy (non-hydrogen) atoms. The lowest BCUT2D eigenvalue weighted by Crippen LogP contribution is -2.08. The van der Waals surface area contributed by atoms with Gasteiger partial charge in [0.1, 0.15) is 18.1 Å².